The minimum Gasteiger partial charge on any atom is -0.370 e. The van der Waals surface area contributed by atoms with E-state index in [2.05, 4.69) is 22.2 Å². The molecular formula is C12H22N4O. The summed E-state index contributed by atoms with van der Waals surface area (Å²) < 4.78 is 0. The Balaban J connectivity index is 2.61. The van der Waals surface area contributed by atoms with Crippen LogP contribution in [0.15, 0.2) is 10.9 Å². The van der Waals surface area contributed by atoms with Crippen molar-refractivity contribution in [3.63, 3.8) is 0 Å². The maximum absolute atomic E-state index is 11.4. The smallest absolute Gasteiger partial charge is 0.252 e. The average Bonchev–Trinajstić information content (AvgIpc) is 2.33. The van der Waals surface area contributed by atoms with Crippen molar-refractivity contribution >= 4 is 5.82 Å². The Morgan fingerprint density at radius 2 is 2.29 bits per heavy atom. The van der Waals surface area contributed by atoms with Gasteiger partial charge in [-0.1, -0.05) is 20.3 Å². The van der Waals surface area contributed by atoms with E-state index < -0.39 is 0 Å². The molecule has 0 amide bonds. The van der Waals surface area contributed by atoms with Crippen LogP contribution in [0.2, 0.25) is 0 Å². The van der Waals surface area contributed by atoms with Gasteiger partial charge < -0.3 is 16.0 Å². The van der Waals surface area contributed by atoms with Crippen molar-refractivity contribution < 1.29 is 0 Å². The van der Waals surface area contributed by atoms with Crippen LogP contribution in [-0.2, 0) is 6.42 Å². The molecule has 1 aromatic rings. The second kappa shape index (κ2) is 7.06. The summed E-state index contributed by atoms with van der Waals surface area (Å²) in [6.07, 6.45) is 2.80. The Hall–Kier alpha value is -1.36. The highest BCUT2D eigenvalue weighted by atomic mass is 16.1. The zero-order valence-corrected chi connectivity index (χ0v) is 10.6. The van der Waals surface area contributed by atoms with Gasteiger partial charge in [0.05, 0.1) is 0 Å². The maximum atomic E-state index is 11.4. The second-order valence-electron chi connectivity index (χ2n) is 4.16. The summed E-state index contributed by atoms with van der Waals surface area (Å²) in [5, 5.41) is 3.21. The van der Waals surface area contributed by atoms with E-state index in [0.29, 0.717) is 24.1 Å². The molecule has 17 heavy (non-hydrogen) atoms. The van der Waals surface area contributed by atoms with Gasteiger partial charge in [-0.3, -0.25) is 4.79 Å². The summed E-state index contributed by atoms with van der Waals surface area (Å²) in [6, 6.07) is 1.49. The summed E-state index contributed by atoms with van der Waals surface area (Å²) in [7, 11) is 0. The Bertz CT molecular complexity index is 388. The van der Waals surface area contributed by atoms with Crippen LogP contribution < -0.4 is 16.6 Å². The molecule has 0 aliphatic heterocycles. The number of rotatable bonds is 7. The van der Waals surface area contributed by atoms with Crippen LogP contribution in [0.25, 0.3) is 0 Å². The molecule has 0 spiro atoms. The zero-order chi connectivity index (χ0) is 12.7. The first-order valence-corrected chi connectivity index (χ1v) is 6.23. The first kappa shape index (κ1) is 13.7. The van der Waals surface area contributed by atoms with Crippen molar-refractivity contribution in [2.45, 2.75) is 33.1 Å². The van der Waals surface area contributed by atoms with Gasteiger partial charge in [0.2, 0.25) is 0 Å². The monoisotopic (exact) mass is 238 g/mol. The van der Waals surface area contributed by atoms with E-state index in [-0.39, 0.29) is 5.56 Å². The predicted octanol–water partition coefficient (Wildman–Crippen LogP) is 1.12. The zero-order valence-electron chi connectivity index (χ0n) is 10.6. The van der Waals surface area contributed by atoms with Gasteiger partial charge in [-0.05, 0) is 18.9 Å². The lowest BCUT2D eigenvalue weighted by Crippen LogP contribution is -2.20. The van der Waals surface area contributed by atoms with Crippen LogP contribution in [0.4, 0.5) is 5.82 Å². The van der Waals surface area contributed by atoms with E-state index in [0.717, 1.165) is 25.8 Å². The van der Waals surface area contributed by atoms with Crippen molar-refractivity contribution in [1.29, 1.82) is 0 Å². The number of nitrogens with one attached hydrogen (secondary N) is 2. The van der Waals surface area contributed by atoms with Crippen LogP contribution in [0, 0.1) is 5.92 Å². The Morgan fingerprint density at radius 3 is 2.88 bits per heavy atom. The molecule has 1 heterocycles. The minimum atomic E-state index is -0.105. The molecule has 4 N–H and O–H groups in total. The molecule has 1 atom stereocenters. The standard InChI is InChI=1S/C12H22N4O/c1-3-9(5-6-13)8-14-11-7-12(17)16-10(4-2)15-11/h7,9H,3-6,8,13H2,1-2H3,(H2,14,15,16,17). The van der Waals surface area contributed by atoms with Crippen molar-refractivity contribution in [2.75, 3.05) is 18.4 Å². The van der Waals surface area contributed by atoms with Gasteiger partial charge in [0.15, 0.2) is 0 Å². The quantitative estimate of drug-likeness (QED) is 0.664. The van der Waals surface area contributed by atoms with Crippen LogP contribution in [0.3, 0.4) is 0 Å². The third-order valence-corrected chi connectivity index (χ3v) is 2.85. The van der Waals surface area contributed by atoms with Gasteiger partial charge in [0.1, 0.15) is 11.6 Å². The van der Waals surface area contributed by atoms with Crippen LogP contribution in [0.1, 0.15) is 32.5 Å². The molecule has 0 saturated heterocycles. The van der Waals surface area contributed by atoms with E-state index in [1.165, 1.54) is 6.07 Å². The van der Waals surface area contributed by atoms with Crippen molar-refractivity contribution in [3.05, 3.63) is 22.2 Å². The fourth-order valence-corrected chi connectivity index (χ4v) is 1.70. The normalized spacial score (nSPS) is 12.4. The number of hydrogen-bond acceptors (Lipinski definition) is 4. The van der Waals surface area contributed by atoms with E-state index in [9.17, 15) is 4.79 Å². The molecule has 5 nitrogen and oxygen atoms in total. The molecule has 1 rings (SSSR count). The number of nitrogens with zero attached hydrogens (tertiary/aromatic N) is 1. The third kappa shape index (κ3) is 4.56. The van der Waals surface area contributed by atoms with Gasteiger partial charge in [-0.2, -0.15) is 0 Å². The van der Waals surface area contributed by atoms with Crippen molar-refractivity contribution in [1.82, 2.24) is 9.97 Å². The predicted molar refractivity (Wildman–Crippen MR) is 70.2 cm³/mol. The highest BCUT2D eigenvalue weighted by Crippen LogP contribution is 2.08. The van der Waals surface area contributed by atoms with Gasteiger partial charge in [-0.15, -0.1) is 0 Å². The Morgan fingerprint density at radius 1 is 1.53 bits per heavy atom. The first-order chi connectivity index (χ1) is 8.19. The lowest BCUT2D eigenvalue weighted by Gasteiger charge is -2.15. The molecule has 0 aliphatic rings. The van der Waals surface area contributed by atoms with Gasteiger partial charge in [0, 0.05) is 19.0 Å². The lowest BCUT2D eigenvalue weighted by atomic mass is 10.0. The first-order valence-electron chi connectivity index (χ1n) is 6.23. The Labute approximate surface area is 102 Å². The van der Waals surface area contributed by atoms with Gasteiger partial charge in [0.25, 0.3) is 5.56 Å². The summed E-state index contributed by atoms with van der Waals surface area (Å²) in [6.45, 7) is 5.62. The Kier molecular flexibility index (Phi) is 5.69. The number of nitrogens with two attached hydrogens (primary N) is 1. The fraction of sp³-hybridized carbons (Fsp3) is 0.667. The van der Waals surface area contributed by atoms with Gasteiger partial charge in [-0.25, -0.2) is 4.98 Å². The number of aromatic nitrogens is 2. The summed E-state index contributed by atoms with van der Waals surface area (Å²) >= 11 is 0. The van der Waals surface area contributed by atoms with E-state index >= 15 is 0 Å². The van der Waals surface area contributed by atoms with E-state index in [1.807, 2.05) is 6.92 Å². The topological polar surface area (TPSA) is 83.8 Å². The van der Waals surface area contributed by atoms with E-state index in [4.69, 9.17) is 5.73 Å². The number of aromatic amines is 1. The number of anilines is 1. The van der Waals surface area contributed by atoms with Crippen molar-refractivity contribution in [3.8, 4) is 0 Å². The molecule has 0 aromatic carbocycles. The number of aryl methyl sites for hydroxylation is 1. The molecular weight excluding hydrogens is 216 g/mol. The van der Waals surface area contributed by atoms with E-state index in [1.54, 1.807) is 0 Å². The van der Waals surface area contributed by atoms with Crippen LogP contribution >= 0.6 is 0 Å². The molecule has 1 unspecified atom stereocenters. The van der Waals surface area contributed by atoms with Crippen LogP contribution in [-0.4, -0.2) is 23.1 Å². The summed E-state index contributed by atoms with van der Waals surface area (Å²) in [5.74, 6) is 1.90. The molecule has 1 aromatic heterocycles. The molecule has 0 aliphatic carbocycles. The van der Waals surface area contributed by atoms with Crippen molar-refractivity contribution in [2.24, 2.45) is 11.7 Å². The minimum absolute atomic E-state index is 0.105. The summed E-state index contributed by atoms with van der Waals surface area (Å²) in [4.78, 5) is 18.4. The fourth-order valence-electron chi connectivity index (χ4n) is 1.70. The number of hydrogen-bond donors (Lipinski definition) is 3. The SMILES string of the molecule is CCc1nc(NCC(CC)CCN)cc(=O)[nH]1. The summed E-state index contributed by atoms with van der Waals surface area (Å²) in [5.41, 5.74) is 5.44. The highest BCUT2D eigenvalue weighted by molar-refractivity contribution is 5.32. The third-order valence-electron chi connectivity index (χ3n) is 2.85. The molecule has 96 valence electrons. The maximum Gasteiger partial charge on any atom is 0.252 e. The van der Waals surface area contributed by atoms with Gasteiger partial charge >= 0.3 is 0 Å². The second-order valence-corrected chi connectivity index (χ2v) is 4.16. The highest BCUT2D eigenvalue weighted by Gasteiger charge is 2.06. The van der Waals surface area contributed by atoms with Crippen LogP contribution in [0.5, 0.6) is 0 Å². The average molecular weight is 238 g/mol. The molecule has 0 fully saturated rings. The number of H-pyrrole nitrogens is 1. The molecule has 5 heteroatoms. The lowest BCUT2D eigenvalue weighted by molar-refractivity contribution is 0.501. The largest absolute Gasteiger partial charge is 0.370 e. The molecule has 0 saturated carbocycles. The molecule has 0 radical (unpaired) electrons. The molecule has 0 bridgehead atoms.